The molecule has 3 aromatic rings. The summed E-state index contributed by atoms with van der Waals surface area (Å²) >= 11 is 1.38. The molecular weight excluding hydrogens is 502 g/mol. The van der Waals surface area contributed by atoms with Crippen molar-refractivity contribution < 1.29 is 13.5 Å². The van der Waals surface area contributed by atoms with Crippen molar-refractivity contribution in [3.05, 3.63) is 101 Å². The van der Waals surface area contributed by atoms with Crippen LogP contribution in [0.15, 0.2) is 86.7 Å². The number of rotatable bonds is 8. The fourth-order valence-corrected chi connectivity index (χ4v) is 5.48. The molecule has 0 atom stereocenters. The Morgan fingerprint density at radius 2 is 1.58 bits per heavy atom. The average Bonchev–Trinajstić information content (AvgIpc) is 3.42. The SMILES string of the molecule is N/N=C(\C=N\Sc1ccc2c(c1)OCC2)CCN1CCC(=C(c2ccc(F)cc2)c2ccc(F)cc2)CC1. The fourth-order valence-electron chi connectivity index (χ4n) is 4.89. The highest BCUT2D eigenvalue weighted by Gasteiger charge is 2.19. The minimum Gasteiger partial charge on any atom is -0.493 e. The van der Waals surface area contributed by atoms with E-state index in [2.05, 4.69) is 26.5 Å². The predicted octanol–water partition coefficient (Wildman–Crippen LogP) is 6.28. The number of halogens is 2. The van der Waals surface area contributed by atoms with E-state index in [0.717, 1.165) is 78.6 Å². The second-order valence-corrected chi connectivity index (χ2v) is 10.3. The zero-order valence-electron chi connectivity index (χ0n) is 21.1. The molecule has 0 saturated carbocycles. The van der Waals surface area contributed by atoms with E-state index in [1.165, 1.54) is 47.3 Å². The minimum atomic E-state index is -0.271. The van der Waals surface area contributed by atoms with Gasteiger partial charge in [0.05, 0.1) is 18.5 Å². The molecule has 0 amide bonds. The highest BCUT2D eigenvalue weighted by Crippen LogP contribution is 2.33. The molecular formula is C30H30F2N4OS. The second kappa shape index (κ2) is 12.4. The van der Waals surface area contributed by atoms with Crippen LogP contribution in [0.1, 0.15) is 36.0 Å². The van der Waals surface area contributed by atoms with Crippen molar-refractivity contribution in [1.82, 2.24) is 4.90 Å². The lowest BCUT2D eigenvalue weighted by atomic mass is 9.88. The summed E-state index contributed by atoms with van der Waals surface area (Å²) in [5.41, 5.74) is 6.24. The highest BCUT2D eigenvalue weighted by molar-refractivity contribution is 7.98. The molecule has 5 rings (SSSR count). The molecule has 1 fully saturated rings. The largest absolute Gasteiger partial charge is 0.493 e. The van der Waals surface area contributed by atoms with Gasteiger partial charge in [-0.3, -0.25) is 0 Å². The molecule has 0 bridgehead atoms. The lowest BCUT2D eigenvalue weighted by Crippen LogP contribution is -2.33. The molecule has 38 heavy (non-hydrogen) atoms. The van der Waals surface area contributed by atoms with Gasteiger partial charge in [0, 0.05) is 49.3 Å². The lowest BCUT2D eigenvalue weighted by molar-refractivity contribution is 0.264. The summed E-state index contributed by atoms with van der Waals surface area (Å²) in [6, 6.07) is 19.2. The standard InChI is InChI=1S/C30H30F2N4OS/c31-25-6-1-22(2-7-25)30(23-3-8-26(32)9-4-23)24-11-15-36(16-12-24)17-13-27(35-33)20-34-38-28-10-5-21-14-18-37-29(21)19-28/h1-10,19-20H,11-18,33H2/b34-20+,35-27-. The first kappa shape index (κ1) is 26.1. The molecule has 3 aromatic carbocycles. The van der Waals surface area contributed by atoms with E-state index in [1.807, 2.05) is 6.07 Å². The van der Waals surface area contributed by atoms with Crippen LogP contribution in [0.3, 0.4) is 0 Å². The zero-order chi connectivity index (χ0) is 26.3. The van der Waals surface area contributed by atoms with Crippen molar-refractivity contribution in [2.45, 2.75) is 30.6 Å². The van der Waals surface area contributed by atoms with Crippen LogP contribution in [-0.2, 0) is 6.42 Å². The number of hydrogen-bond donors (Lipinski definition) is 1. The molecule has 2 aliphatic rings. The summed E-state index contributed by atoms with van der Waals surface area (Å²) < 4.78 is 37.3. The molecule has 196 valence electrons. The molecule has 0 unspecified atom stereocenters. The van der Waals surface area contributed by atoms with E-state index in [4.69, 9.17) is 10.6 Å². The zero-order valence-corrected chi connectivity index (χ0v) is 21.9. The summed E-state index contributed by atoms with van der Waals surface area (Å²) in [6.07, 6.45) is 5.15. The van der Waals surface area contributed by atoms with E-state index in [1.54, 1.807) is 30.5 Å². The summed E-state index contributed by atoms with van der Waals surface area (Å²) in [6.45, 7) is 3.35. The van der Waals surface area contributed by atoms with Gasteiger partial charge in [0.2, 0.25) is 0 Å². The van der Waals surface area contributed by atoms with E-state index in [9.17, 15) is 8.78 Å². The van der Waals surface area contributed by atoms with Gasteiger partial charge in [0.25, 0.3) is 0 Å². The lowest BCUT2D eigenvalue weighted by Gasteiger charge is -2.30. The third kappa shape index (κ3) is 6.49. The Morgan fingerprint density at radius 3 is 2.21 bits per heavy atom. The summed E-state index contributed by atoms with van der Waals surface area (Å²) in [7, 11) is 0. The number of likely N-dealkylation sites (tertiary alicyclic amines) is 1. The Kier molecular flexibility index (Phi) is 8.51. The van der Waals surface area contributed by atoms with Gasteiger partial charge in [0.15, 0.2) is 0 Å². The van der Waals surface area contributed by atoms with Gasteiger partial charge in [-0.15, -0.1) is 0 Å². The number of fused-ring (bicyclic) bond motifs is 1. The van der Waals surface area contributed by atoms with Crippen LogP contribution >= 0.6 is 11.9 Å². The van der Waals surface area contributed by atoms with Gasteiger partial charge in [-0.25, -0.2) is 13.2 Å². The molecule has 5 nitrogen and oxygen atoms in total. The van der Waals surface area contributed by atoms with Gasteiger partial charge >= 0.3 is 0 Å². The average molecular weight is 533 g/mol. The topological polar surface area (TPSA) is 63.2 Å². The van der Waals surface area contributed by atoms with Crippen molar-refractivity contribution in [2.24, 2.45) is 15.3 Å². The maximum absolute atomic E-state index is 13.6. The van der Waals surface area contributed by atoms with Crippen LogP contribution in [-0.4, -0.2) is 43.1 Å². The number of hydrazone groups is 1. The summed E-state index contributed by atoms with van der Waals surface area (Å²) in [5, 5.41) is 3.93. The molecule has 1 saturated heterocycles. The molecule has 0 aromatic heterocycles. The third-order valence-corrected chi connectivity index (χ3v) is 7.63. The quantitative estimate of drug-likeness (QED) is 0.161. The Hall–Kier alpha value is -3.49. The minimum absolute atomic E-state index is 0.271. The van der Waals surface area contributed by atoms with Crippen molar-refractivity contribution in [2.75, 3.05) is 26.2 Å². The molecule has 0 spiro atoms. The Morgan fingerprint density at radius 1 is 0.921 bits per heavy atom. The van der Waals surface area contributed by atoms with Crippen LogP contribution in [0.4, 0.5) is 8.78 Å². The second-order valence-electron chi connectivity index (χ2n) is 9.40. The fraction of sp³-hybridized carbons (Fsp3) is 0.267. The maximum atomic E-state index is 13.6. The van der Waals surface area contributed by atoms with E-state index in [-0.39, 0.29) is 11.6 Å². The van der Waals surface area contributed by atoms with Gasteiger partial charge in [-0.05, 0) is 71.5 Å². The monoisotopic (exact) mass is 532 g/mol. The van der Waals surface area contributed by atoms with Crippen LogP contribution in [0.2, 0.25) is 0 Å². The molecule has 0 radical (unpaired) electrons. The number of piperidine rings is 1. The van der Waals surface area contributed by atoms with Crippen LogP contribution in [0.5, 0.6) is 5.75 Å². The van der Waals surface area contributed by atoms with Crippen LogP contribution in [0.25, 0.3) is 5.57 Å². The van der Waals surface area contributed by atoms with Gasteiger partial charge < -0.3 is 15.5 Å². The molecule has 2 N–H and O–H groups in total. The molecule has 2 heterocycles. The Labute approximate surface area is 226 Å². The van der Waals surface area contributed by atoms with Gasteiger partial charge in [-0.1, -0.05) is 35.9 Å². The van der Waals surface area contributed by atoms with E-state index >= 15 is 0 Å². The first-order chi connectivity index (χ1) is 18.6. The van der Waals surface area contributed by atoms with Crippen LogP contribution in [0, 0.1) is 11.6 Å². The Bertz CT molecular complexity index is 1300. The van der Waals surface area contributed by atoms with E-state index in [0.29, 0.717) is 6.42 Å². The molecule has 0 aliphatic carbocycles. The number of ether oxygens (including phenoxy) is 1. The first-order valence-corrected chi connectivity index (χ1v) is 13.6. The van der Waals surface area contributed by atoms with Crippen molar-refractivity contribution in [3.63, 3.8) is 0 Å². The van der Waals surface area contributed by atoms with Gasteiger partial charge in [0.1, 0.15) is 17.4 Å². The number of nitrogens with two attached hydrogens (primary N) is 1. The first-order valence-electron chi connectivity index (χ1n) is 12.8. The summed E-state index contributed by atoms with van der Waals surface area (Å²) in [4.78, 5) is 3.41. The van der Waals surface area contributed by atoms with E-state index < -0.39 is 0 Å². The van der Waals surface area contributed by atoms with Crippen molar-refractivity contribution in [3.8, 4) is 5.75 Å². The maximum Gasteiger partial charge on any atom is 0.123 e. The number of benzene rings is 3. The predicted molar refractivity (Wildman–Crippen MR) is 151 cm³/mol. The molecule has 2 aliphatic heterocycles. The summed E-state index contributed by atoms with van der Waals surface area (Å²) in [5.74, 6) is 6.04. The number of hydrogen-bond acceptors (Lipinski definition) is 6. The van der Waals surface area contributed by atoms with Gasteiger partial charge in [-0.2, -0.15) is 5.10 Å². The normalized spacial score (nSPS) is 16.1. The van der Waals surface area contributed by atoms with Crippen molar-refractivity contribution in [1.29, 1.82) is 0 Å². The molecule has 8 heteroatoms. The Balaban J connectivity index is 1.19. The smallest absolute Gasteiger partial charge is 0.123 e. The van der Waals surface area contributed by atoms with Crippen LogP contribution < -0.4 is 10.6 Å². The third-order valence-electron chi connectivity index (χ3n) is 6.96. The number of nitrogens with zero attached hydrogens (tertiary/aromatic N) is 3. The van der Waals surface area contributed by atoms with Crippen molar-refractivity contribution >= 4 is 29.4 Å². The highest BCUT2D eigenvalue weighted by atomic mass is 32.2.